The highest BCUT2D eigenvalue weighted by atomic mass is 16.3. The number of hydrogen-bond acceptors (Lipinski definition) is 3. The normalized spacial score (nSPS) is 23.8. The molecule has 3 heteroatoms. The van der Waals surface area contributed by atoms with Crippen molar-refractivity contribution in [3.63, 3.8) is 0 Å². The van der Waals surface area contributed by atoms with Gasteiger partial charge in [0.15, 0.2) is 0 Å². The Morgan fingerprint density at radius 3 is 2.53 bits per heavy atom. The van der Waals surface area contributed by atoms with Gasteiger partial charge in [-0.1, -0.05) is 12.8 Å². The van der Waals surface area contributed by atoms with Gasteiger partial charge in [0.05, 0.1) is 6.10 Å². The molecule has 1 saturated heterocycles. The van der Waals surface area contributed by atoms with Crippen LogP contribution in [0.4, 0.5) is 5.82 Å². The Bertz CT molecular complexity index is 428. The lowest BCUT2D eigenvalue weighted by molar-refractivity contribution is 0.199. The van der Waals surface area contributed by atoms with Crippen molar-refractivity contribution in [3.8, 4) is 0 Å². The number of aliphatic hydroxyl groups is 1. The van der Waals surface area contributed by atoms with E-state index in [4.69, 9.17) is 0 Å². The summed E-state index contributed by atoms with van der Waals surface area (Å²) in [6, 6.07) is 3.94. The zero-order valence-electron chi connectivity index (χ0n) is 11.8. The van der Waals surface area contributed by atoms with E-state index < -0.39 is 6.10 Å². The van der Waals surface area contributed by atoms with E-state index in [1.54, 1.807) is 0 Å². The molecule has 1 atom stereocenters. The maximum absolute atomic E-state index is 9.67. The highest BCUT2D eigenvalue weighted by molar-refractivity contribution is 5.42. The van der Waals surface area contributed by atoms with Crippen LogP contribution in [0, 0.1) is 5.41 Å². The van der Waals surface area contributed by atoms with Gasteiger partial charge in [0.25, 0.3) is 0 Å². The van der Waals surface area contributed by atoms with Gasteiger partial charge in [-0.25, -0.2) is 4.98 Å². The van der Waals surface area contributed by atoms with Crippen molar-refractivity contribution in [2.75, 3.05) is 18.0 Å². The molecule has 0 unspecified atom stereocenters. The van der Waals surface area contributed by atoms with E-state index in [9.17, 15) is 5.11 Å². The maximum Gasteiger partial charge on any atom is 0.128 e. The zero-order valence-corrected chi connectivity index (χ0v) is 11.8. The maximum atomic E-state index is 9.67. The minimum atomic E-state index is -0.410. The molecule has 0 bridgehead atoms. The number of nitrogens with zero attached hydrogens (tertiary/aromatic N) is 2. The first-order chi connectivity index (χ1) is 9.19. The average molecular weight is 260 g/mol. The van der Waals surface area contributed by atoms with Crippen LogP contribution in [0.15, 0.2) is 18.3 Å². The first-order valence-corrected chi connectivity index (χ1v) is 7.58. The van der Waals surface area contributed by atoms with Gasteiger partial charge in [0, 0.05) is 19.3 Å². The molecule has 3 nitrogen and oxygen atoms in total. The Kier molecular flexibility index (Phi) is 3.48. The fourth-order valence-corrected chi connectivity index (χ4v) is 3.70. The van der Waals surface area contributed by atoms with E-state index in [2.05, 4.69) is 9.88 Å². The van der Waals surface area contributed by atoms with Gasteiger partial charge in [0.2, 0.25) is 0 Å². The Balaban J connectivity index is 1.69. The monoisotopic (exact) mass is 260 g/mol. The summed E-state index contributed by atoms with van der Waals surface area (Å²) in [6.45, 7) is 4.05. The molecule has 1 aromatic rings. The molecule has 1 N–H and O–H groups in total. The molecule has 1 aliphatic carbocycles. The van der Waals surface area contributed by atoms with Crippen molar-refractivity contribution in [2.24, 2.45) is 5.41 Å². The molecular weight excluding hydrogens is 236 g/mol. The molecule has 3 rings (SSSR count). The van der Waals surface area contributed by atoms with Crippen molar-refractivity contribution >= 4 is 5.82 Å². The molecule has 1 spiro atoms. The molecule has 104 valence electrons. The van der Waals surface area contributed by atoms with Crippen LogP contribution in [0.1, 0.15) is 57.1 Å². The van der Waals surface area contributed by atoms with Crippen LogP contribution >= 0.6 is 0 Å². The van der Waals surface area contributed by atoms with Crippen LogP contribution in [0.5, 0.6) is 0 Å². The van der Waals surface area contributed by atoms with Crippen LogP contribution in [0.3, 0.4) is 0 Å². The van der Waals surface area contributed by atoms with Crippen LogP contribution in [-0.2, 0) is 0 Å². The zero-order chi connectivity index (χ0) is 13.3. The van der Waals surface area contributed by atoms with E-state index in [0.29, 0.717) is 5.41 Å². The third-order valence-electron chi connectivity index (χ3n) is 5.06. The Morgan fingerprint density at radius 2 is 1.89 bits per heavy atom. The SMILES string of the molecule is C[C@H](O)c1ccnc(N2CCC3(CCCC3)CC2)c1. The number of pyridine rings is 1. The second-order valence-corrected chi connectivity index (χ2v) is 6.32. The summed E-state index contributed by atoms with van der Waals surface area (Å²) < 4.78 is 0. The summed E-state index contributed by atoms with van der Waals surface area (Å²) in [4.78, 5) is 6.86. The highest BCUT2D eigenvalue weighted by Crippen LogP contribution is 2.46. The summed E-state index contributed by atoms with van der Waals surface area (Å²) in [5, 5.41) is 9.67. The number of rotatable bonds is 2. The van der Waals surface area contributed by atoms with Gasteiger partial charge >= 0.3 is 0 Å². The number of piperidine rings is 1. The molecular formula is C16H24N2O. The molecule has 0 aromatic carbocycles. The number of hydrogen-bond donors (Lipinski definition) is 1. The summed E-state index contributed by atoms with van der Waals surface area (Å²) >= 11 is 0. The van der Waals surface area contributed by atoms with Crippen LogP contribution in [0.2, 0.25) is 0 Å². The van der Waals surface area contributed by atoms with E-state index in [1.807, 2.05) is 25.3 Å². The molecule has 2 fully saturated rings. The van der Waals surface area contributed by atoms with Gasteiger partial charge in [-0.2, -0.15) is 0 Å². The topological polar surface area (TPSA) is 36.4 Å². The number of aliphatic hydroxyl groups excluding tert-OH is 1. The smallest absolute Gasteiger partial charge is 0.128 e. The minimum absolute atomic E-state index is 0.410. The quantitative estimate of drug-likeness (QED) is 0.886. The van der Waals surface area contributed by atoms with Gasteiger partial charge in [-0.3, -0.25) is 0 Å². The largest absolute Gasteiger partial charge is 0.389 e. The molecule has 2 heterocycles. The van der Waals surface area contributed by atoms with Gasteiger partial charge < -0.3 is 10.0 Å². The number of anilines is 1. The molecule has 0 amide bonds. The van der Waals surface area contributed by atoms with Crippen LogP contribution < -0.4 is 4.90 Å². The summed E-state index contributed by atoms with van der Waals surface area (Å²) in [6.07, 6.45) is 9.75. The lowest BCUT2D eigenvalue weighted by atomic mass is 9.77. The van der Waals surface area contributed by atoms with Crippen LogP contribution in [-0.4, -0.2) is 23.2 Å². The number of aromatic nitrogens is 1. The second kappa shape index (κ2) is 5.12. The van der Waals surface area contributed by atoms with Crippen molar-refractivity contribution in [2.45, 2.75) is 51.6 Å². The Labute approximate surface area is 115 Å². The first-order valence-electron chi connectivity index (χ1n) is 7.58. The predicted molar refractivity (Wildman–Crippen MR) is 77.2 cm³/mol. The Hall–Kier alpha value is -1.09. The molecule has 1 saturated carbocycles. The molecule has 1 aliphatic heterocycles. The highest BCUT2D eigenvalue weighted by Gasteiger charge is 2.37. The molecule has 19 heavy (non-hydrogen) atoms. The van der Waals surface area contributed by atoms with Crippen molar-refractivity contribution in [1.29, 1.82) is 0 Å². The first kappa shape index (κ1) is 12.9. The van der Waals surface area contributed by atoms with E-state index in [0.717, 1.165) is 24.5 Å². The van der Waals surface area contributed by atoms with Crippen LogP contribution in [0.25, 0.3) is 0 Å². The molecule has 2 aliphatic rings. The predicted octanol–water partition coefficient (Wildman–Crippen LogP) is 3.30. The summed E-state index contributed by atoms with van der Waals surface area (Å²) in [7, 11) is 0. The van der Waals surface area contributed by atoms with E-state index >= 15 is 0 Å². The van der Waals surface area contributed by atoms with E-state index in [1.165, 1.54) is 38.5 Å². The fourth-order valence-electron chi connectivity index (χ4n) is 3.70. The second-order valence-electron chi connectivity index (χ2n) is 6.32. The van der Waals surface area contributed by atoms with Crippen molar-refractivity contribution < 1.29 is 5.11 Å². The lowest BCUT2D eigenvalue weighted by Crippen LogP contribution is -2.39. The van der Waals surface area contributed by atoms with Crippen molar-refractivity contribution in [1.82, 2.24) is 4.98 Å². The average Bonchev–Trinajstić information content (AvgIpc) is 2.88. The minimum Gasteiger partial charge on any atom is -0.389 e. The fraction of sp³-hybridized carbons (Fsp3) is 0.688. The Morgan fingerprint density at radius 1 is 1.21 bits per heavy atom. The third-order valence-corrected chi connectivity index (χ3v) is 5.06. The van der Waals surface area contributed by atoms with Crippen molar-refractivity contribution in [3.05, 3.63) is 23.9 Å². The van der Waals surface area contributed by atoms with Gasteiger partial charge in [-0.05, 0) is 55.7 Å². The molecule has 0 radical (unpaired) electrons. The molecule has 1 aromatic heterocycles. The van der Waals surface area contributed by atoms with E-state index in [-0.39, 0.29) is 0 Å². The summed E-state index contributed by atoms with van der Waals surface area (Å²) in [5.74, 6) is 1.03. The third kappa shape index (κ3) is 2.62. The van der Waals surface area contributed by atoms with Gasteiger partial charge in [-0.15, -0.1) is 0 Å². The summed E-state index contributed by atoms with van der Waals surface area (Å²) in [5.41, 5.74) is 1.62. The standard InChI is InChI=1S/C16H24N2O/c1-13(19)14-4-9-17-15(12-14)18-10-7-16(8-11-18)5-2-3-6-16/h4,9,12-13,19H,2-3,5-8,10-11H2,1H3/t13-/m0/s1. The van der Waals surface area contributed by atoms with Gasteiger partial charge in [0.1, 0.15) is 5.82 Å². The lowest BCUT2D eigenvalue weighted by Gasteiger charge is -2.40.